The van der Waals surface area contributed by atoms with Crippen molar-refractivity contribution in [2.24, 2.45) is 5.92 Å². The Labute approximate surface area is 136 Å². The second-order valence-electron chi connectivity index (χ2n) is 5.67. The van der Waals surface area contributed by atoms with Crippen LogP contribution in [0.1, 0.15) is 29.8 Å². The number of hydrogen-bond donors (Lipinski definition) is 1. The first-order valence-electron chi connectivity index (χ1n) is 7.54. The van der Waals surface area contributed by atoms with Crippen LogP contribution < -0.4 is 4.72 Å². The maximum atomic E-state index is 12.4. The van der Waals surface area contributed by atoms with Crippen molar-refractivity contribution >= 4 is 21.7 Å². The summed E-state index contributed by atoms with van der Waals surface area (Å²) in [5, 5.41) is 0. The Morgan fingerprint density at radius 1 is 1.39 bits per heavy atom. The summed E-state index contributed by atoms with van der Waals surface area (Å²) in [4.78, 5) is 30.3. The first kappa shape index (κ1) is 17.6. The molecule has 8 heteroatoms. The van der Waals surface area contributed by atoms with Gasteiger partial charge in [-0.15, -0.1) is 0 Å². The van der Waals surface area contributed by atoms with Crippen molar-refractivity contribution in [1.29, 1.82) is 0 Å². The average molecular weight is 339 g/mol. The van der Waals surface area contributed by atoms with Gasteiger partial charge in [0, 0.05) is 38.2 Å². The Morgan fingerprint density at radius 2 is 2.17 bits per heavy atom. The number of sulfonamides is 1. The molecular weight excluding hydrogens is 318 g/mol. The molecule has 0 radical (unpaired) electrons. The molecule has 2 rings (SSSR count). The topological polar surface area (TPSA) is 96.4 Å². The van der Waals surface area contributed by atoms with Gasteiger partial charge in [0.25, 0.3) is 0 Å². The Morgan fingerprint density at radius 3 is 2.83 bits per heavy atom. The highest BCUT2D eigenvalue weighted by atomic mass is 32.2. The maximum absolute atomic E-state index is 12.4. The molecule has 1 saturated heterocycles. The molecule has 0 bridgehead atoms. The van der Waals surface area contributed by atoms with Crippen LogP contribution in [0.3, 0.4) is 0 Å². The molecule has 1 aromatic heterocycles. The summed E-state index contributed by atoms with van der Waals surface area (Å²) in [6.07, 6.45) is 4.22. The van der Waals surface area contributed by atoms with Crippen LogP contribution in [0.2, 0.25) is 0 Å². The molecule has 0 unspecified atom stereocenters. The van der Waals surface area contributed by atoms with E-state index < -0.39 is 10.0 Å². The van der Waals surface area contributed by atoms with E-state index in [1.807, 2.05) is 0 Å². The Kier molecular flexibility index (Phi) is 5.84. The van der Waals surface area contributed by atoms with Gasteiger partial charge in [-0.3, -0.25) is 14.6 Å². The number of aromatic nitrogens is 1. The summed E-state index contributed by atoms with van der Waals surface area (Å²) >= 11 is 0. The van der Waals surface area contributed by atoms with E-state index in [-0.39, 0.29) is 30.6 Å². The summed E-state index contributed by atoms with van der Waals surface area (Å²) in [6, 6.07) is 5.20. The number of pyridine rings is 1. The zero-order valence-corrected chi connectivity index (χ0v) is 13.9. The van der Waals surface area contributed by atoms with Crippen LogP contribution in [0.25, 0.3) is 0 Å². The predicted molar refractivity (Wildman–Crippen MR) is 85.3 cm³/mol. The fourth-order valence-electron chi connectivity index (χ4n) is 2.64. The van der Waals surface area contributed by atoms with E-state index in [0.717, 1.165) is 19.1 Å². The third kappa shape index (κ3) is 5.40. The zero-order chi connectivity index (χ0) is 16.9. The minimum atomic E-state index is -3.29. The number of ketones is 1. The fraction of sp³-hybridized carbons (Fsp3) is 0.533. The second kappa shape index (κ2) is 7.65. The highest BCUT2D eigenvalue weighted by molar-refractivity contribution is 7.88. The number of piperidine rings is 1. The standard InChI is InChI=1S/C15H21N3O4S/c1-23(21,22)17-9-7-14(19)18-10-4-5-12(11-18)15(20)13-6-2-3-8-16-13/h2-3,6,8,12,17H,4-5,7,9-11H2,1H3/t12-/m0/s1. The van der Waals surface area contributed by atoms with Gasteiger partial charge in [0.1, 0.15) is 5.69 Å². The largest absolute Gasteiger partial charge is 0.342 e. The molecule has 1 aliphatic heterocycles. The van der Waals surface area contributed by atoms with E-state index in [9.17, 15) is 18.0 Å². The van der Waals surface area contributed by atoms with Gasteiger partial charge < -0.3 is 4.90 Å². The minimum Gasteiger partial charge on any atom is -0.342 e. The second-order valence-corrected chi connectivity index (χ2v) is 7.51. The summed E-state index contributed by atoms with van der Waals surface area (Å²) < 4.78 is 24.3. The molecule has 0 aliphatic carbocycles. The summed E-state index contributed by atoms with van der Waals surface area (Å²) in [5.74, 6) is -0.428. The molecule has 1 amide bonds. The van der Waals surface area contributed by atoms with Gasteiger partial charge in [-0.1, -0.05) is 6.07 Å². The van der Waals surface area contributed by atoms with Crippen molar-refractivity contribution in [3.05, 3.63) is 30.1 Å². The van der Waals surface area contributed by atoms with E-state index in [4.69, 9.17) is 0 Å². The Hall–Kier alpha value is -1.80. The lowest BCUT2D eigenvalue weighted by Gasteiger charge is -2.32. The number of nitrogens with one attached hydrogen (secondary N) is 1. The van der Waals surface area contributed by atoms with Gasteiger partial charge in [-0.2, -0.15) is 0 Å². The summed E-state index contributed by atoms with van der Waals surface area (Å²) in [6.45, 7) is 1.05. The minimum absolute atomic E-state index is 0.0441. The molecular formula is C15H21N3O4S. The van der Waals surface area contributed by atoms with Crippen LogP contribution in [0, 0.1) is 5.92 Å². The van der Waals surface area contributed by atoms with Crippen molar-refractivity contribution in [3.8, 4) is 0 Å². The van der Waals surface area contributed by atoms with Crippen LogP contribution in [0.4, 0.5) is 0 Å². The Bertz CT molecular complexity index is 661. The molecule has 23 heavy (non-hydrogen) atoms. The van der Waals surface area contributed by atoms with Gasteiger partial charge >= 0.3 is 0 Å². The smallest absolute Gasteiger partial charge is 0.223 e. The van der Waals surface area contributed by atoms with Gasteiger partial charge in [0.05, 0.1) is 6.26 Å². The molecule has 2 heterocycles. The highest BCUT2D eigenvalue weighted by Gasteiger charge is 2.29. The first-order chi connectivity index (χ1) is 10.9. The van der Waals surface area contributed by atoms with Crippen LogP contribution in [0.15, 0.2) is 24.4 Å². The lowest BCUT2D eigenvalue weighted by atomic mass is 9.91. The molecule has 1 fully saturated rings. The molecule has 7 nitrogen and oxygen atoms in total. The SMILES string of the molecule is CS(=O)(=O)NCCC(=O)N1CCC[C@H](C(=O)c2ccccn2)C1. The van der Waals surface area contributed by atoms with Crippen molar-refractivity contribution in [2.45, 2.75) is 19.3 Å². The quantitative estimate of drug-likeness (QED) is 0.759. The Balaban J connectivity index is 1.90. The van der Waals surface area contributed by atoms with Gasteiger partial charge in [0.2, 0.25) is 15.9 Å². The third-order valence-electron chi connectivity index (χ3n) is 3.77. The lowest BCUT2D eigenvalue weighted by molar-refractivity contribution is -0.132. The zero-order valence-electron chi connectivity index (χ0n) is 13.1. The predicted octanol–water partition coefficient (Wildman–Crippen LogP) is 0.442. The van der Waals surface area contributed by atoms with Crippen molar-refractivity contribution < 1.29 is 18.0 Å². The van der Waals surface area contributed by atoms with Crippen LogP contribution in [-0.4, -0.2) is 55.9 Å². The molecule has 1 aliphatic rings. The number of rotatable bonds is 6. The van der Waals surface area contributed by atoms with E-state index in [2.05, 4.69) is 9.71 Å². The van der Waals surface area contributed by atoms with Crippen LogP contribution >= 0.6 is 0 Å². The monoisotopic (exact) mass is 339 g/mol. The van der Waals surface area contributed by atoms with Gasteiger partial charge in [-0.25, -0.2) is 13.1 Å². The lowest BCUT2D eigenvalue weighted by Crippen LogP contribution is -2.43. The number of hydrogen-bond acceptors (Lipinski definition) is 5. The molecule has 1 N–H and O–H groups in total. The third-order valence-corrected chi connectivity index (χ3v) is 4.49. The van der Waals surface area contributed by atoms with Crippen LogP contribution in [0.5, 0.6) is 0 Å². The van der Waals surface area contributed by atoms with E-state index in [0.29, 0.717) is 18.8 Å². The van der Waals surface area contributed by atoms with E-state index >= 15 is 0 Å². The fourth-order valence-corrected chi connectivity index (χ4v) is 3.11. The van der Waals surface area contributed by atoms with E-state index in [1.54, 1.807) is 29.3 Å². The van der Waals surface area contributed by atoms with Crippen LogP contribution in [-0.2, 0) is 14.8 Å². The maximum Gasteiger partial charge on any atom is 0.223 e. The average Bonchev–Trinajstić information content (AvgIpc) is 2.54. The highest BCUT2D eigenvalue weighted by Crippen LogP contribution is 2.20. The summed E-state index contributed by atoms with van der Waals surface area (Å²) in [7, 11) is -3.29. The normalized spacial score (nSPS) is 18.7. The van der Waals surface area contributed by atoms with Crippen molar-refractivity contribution in [2.75, 3.05) is 25.9 Å². The number of amides is 1. The summed E-state index contributed by atoms with van der Waals surface area (Å²) in [5.41, 5.74) is 0.422. The molecule has 0 saturated carbocycles. The number of nitrogens with zero attached hydrogens (tertiary/aromatic N) is 2. The number of likely N-dealkylation sites (tertiary alicyclic amines) is 1. The number of Topliss-reactive ketones (excluding diaryl/α,β-unsaturated/α-hetero) is 1. The van der Waals surface area contributed by atoms with Crippen molar-refractivity contribution in [3.63, 3.8) is 0 Å². The number of carbonyl (C=O) groups is 2. The molecule has 1 aromatic rings. The molecule has 0 aromatic carbocycles. The first-order valence-corrected chi connectivity index (χ1v) is 9.43. The molecule has 1 atom stereocenters. The van der Waals surface area contributed by atoms with Crippen molar-refractivity contribution in [1.82, 2.24) is 14.6 Å². The van der Waals surface area contributed by atoms with E-state index in [1.165, 1.54) is 0 Å². The molecule has 0 spiro atoms. The number of carbonyl (C=O) groups excluding carboxylic acids is 2. The van der Waals surface area contributed by atoms with Gasteiger partial charge in [-0.05, 0) is 25.0 Å². The van der Waals surface area contributed by atoms with Gasteiger partial charge in [0.15, 0.2) is 5.78 Å². The molecule has 126 valence electrons.